The van der Waals surface area contributed by atoms with Crippen molar-refractivity contribution in [1.29, 1.82) is 0 Å². The van der Waals surface area contributed by atoms with Gasteiger partial charge in [-0.1, -0.05) is 93.0 Å². The summed E-state index contributed by atoms with van der Waals surface area (Å²) in [6.45, 7) is 25.6. The van der Waals surface area contributed by atoms with Gasteiger partial charge in [0.05, 0.1) is 0 Å². The molecule has 1 aliphatic carbocycles. The third kappa shape index (κ3) is 5.61. The van der Waals surface area contributed by atoms with Gasteiger partial charge < -0.3 is 9.16 Å². The molecule has 33 heavy (non-hydrogen) atoms. The highest BCUT2D eigenvalue weighted by molar-refractivity contribution is 6.74. The summed E-state index contributed by atoms with van der Waals surface area (Å²) in [4.78, 5) is 0. The molecule has 2 aromatic carbocycles. The maximum absolute atomic E-state index is 7.04. The highest BCUT2D eigenvalue weighted by atomic mass is 28.4. The fraction of sp³-hybridized carbons (Fsp3) is 0.667. The number of hydrogen-bond acceptors (Lipinski definition) is 2. The molecule has 2 nitrogen and oxygen atoms in total. The maximum atomic E-state index is 7.04. The van der Waals surface area contributed by atoms with Gasteiger partial charge in [-0.25, -0.2) is 0 Å². The van der Waals surface area contributed by atoms with Gasteiger partial charge in [0.15, 0.2) is 0 Å². The number of fused-ring (bicyclic) bond motifs is 1. The average molecular weight is 469 g/mol. The van der Waals surface area contributed by atoms with Crippen LogP contribution < -0.4 is 9.16 Å². The molecule has 0 N–H and O–H groups in total. The van der Waals surface area contributed by atoms with Gasteiger partial charge in [-0.15, -0.1) is 0 Å². The van der Waals surface area contributed by atoms with Crippen molar-refractivity contribution in [3.8, 4) is 11.5 Å². The van der Waals surface area contributed by atoms with Crippen LogP contribution in [0.15, 0.2) is 30.3 Å². The lowest BCUT2D eigenvalue weighted by Crippen LogP contribution is -2.44. The fourth-order valence-corrected chi connectivity index (χ4v) is 5.94. The molecule has 0 unspecified atom stereocenters. The Bertz CT molecular complexity index is 962. The van der Waals surface area contributed by atoms with Crippen LogP contribution in [0.2, 0.25) is 18.1 Å². The minimum Gasteiger partial charge on any atom is -0.543 e. The first-order valence-electron chi connectivity index (χ1n) is 13.0. The van der Waals surface area contributed by atoms with Crippen molar-refractivity contribution >= 4 is 19.1 Å². The lowest BCUT2D eigenvalue weighted by Gasteiger charge is -2.40. The van der Waals surface area contributed by atoms with Gasteiger partial charge in [-0.05, 0) is 60.2 Å². The summed E-state index contributed by atoms with van der Waals surface area (Å²) in [6.07, 6.45) is 4.00. The van der Waals surface area contributed by atoms with Crippen molar-refractivity contribution in [3.63, 3.8) is 0 Å². The predicted octanol–water partition coefficient (Wildman–Crippen LogP) is 9.36. The summed E-state index contributed by atoms with van der Waals surface area (Å²) in [5, 5.41) is 2.51. The number of rotatable bonds is 5. The summed E-state index contributed by atoms with van der Waals surface area (Å²) < 4.78 is 14.0. The van der Waals surface area contributed by atoms with Crippen LogP contribution in [0.25, 0.3) is 10.8 Å². The smallest absolute Gasteiger partial charge is 0.250 e. The number of ether oxygens (including phenoxy) is 1. The van der Waals surface area contributed by atoms with Crippen molar-refractivity contribution in [3.05, 3.63) is 35.9 Å². The second-order valence-corrected chi connectivity index (χ2v) is 18.1. The van der Waals surface area contributed by atoms with E-state index in [1.807, 2.05) is 0 Å². The van der Waals surface area contributed by atoms with Crippen LogP contribution in [-0.2, 0) is 5.41 Å². The van der Waals surface area contributed by atoms with E-state index in [0.717, 1.165) is 23.8 Å². The minimum atomic E-state index is -2.01. The Morgan fingerprint density at radius 2 is 1.55 bits per heavy atom. The van der Waals surface area contributed by atoms with E-state index in [2.05, 4.69) is 106 Å². The largest absolute Gasteiger partial charge is 0.543 e. The van der Waals surface area contributed by atoms with E-state index in [-0.39, 0.29) is 16.6 Å². The van der Waals surface area contributed by atoms with E-state index < -0.39 is 8.32 Å². The van der Waals surface area contributed by atoms with Crippen molar-refractivity contribution < 1.29 is 9.16 Å². The molecular formula is C30H48O2Si. The zero-order chi connectivity index (χ0) is 24.8. The van der Waals surface area contributed by atoms with E-state index in [0.29, 0.717) is 11.8 Å². The second-order valence-electron chi connectivity index (χ2n) is 13.4. The van der Waals surface area contributed by atoms with E-state index in [4.69, 9.17) is 9.16 Å². The normalized spacial score (nSPS) is 22.6. The van der Waals surface area contributed by atoms with Crippen LogP contribution in [-0.4, -0.2) is 14.4 Å². The third-order valence-corrected chi connectivity index (χ3v) is 12.5. The Hall–Kier alpha value is -1.48. The molecule has 3 rings (SSSR count). The van der Waals surface area contributed by atoms with Crippen LogP contribution in [0.4, 0.5) is 0 Å². The van der Waals surface area contributed by atoms with Gasteiger partial charge in [0.25, 0.3) is 8.32 Å². The Morgan fingerprint density at radius 3 is 2.09 bits per heavy atom. The molecule has 1 saturated carbocycles. The fourth-order valence-electron chi connectivity index (χ4n) is 4.90. The zero-order valence-corrected chi connectivity index (χ0v) is 24.1. The maximum Gasteiger partial charge on any atom is 0.250 e. The van der Waals surface area contributed by atoms with Crippen LogP contribution >= 0.6 is 0 Å². The first-order valence-corrected chi connectivity index (χ1v) is 15.9. The Kier molecular flexibility index (Phi) is 7.35. The predicted molar refractivity (Wildman–Crippen MR) is 146 cm³/mol. The van der Waals surface area contributed by atoms with E-state index in [9.17, 15) is 0 Å². The van der Waals surface area contributed by atoms with Crippen molar-refractivity contribution in [2.24, 2.45) is 17.8 Å². The SMILES string of the molecule is CC(C)[C@H]1CC[C@H](C)C[C@@H]1Oc1cc(C(C)(C)C)c(O[Si](C)(C)C(C)(C)C)c2ccccc12. The van der Waals surface area contributed by atoms with Gasteiger partial charge in [0.1, 0.15) is 17.6 Å². The summed E-state index contributed by atoms with van der Waals surface area (Å²) in [5.74, 6) is 4.06. The molecule has 1 aliphatic rings. The van der Waals surface area contributed by atoms with Crippen LogP contribution in [0.5, 0.6) is 11.5 Å². The highest BCUT2D eigenvalue weighted by Crippen LogP contribution is 2.47. The molecule has 0 saturated heterocycles. The minimum absolute atomic E-state index is 0.0445. The first kappa shape index (κ1) is 26.1. The lowest BCUT2D eigenvalue weighted by atomic mass is 9.75. The van der Waals surface area contributed by atoms with Gasteiger partial charge in [0, 0.05) is 16.3 Å². The van der Waals surface area contributed by atoms with Crippen molar-refractivity contribution in [2.45, 2.75) is 111 Å². The molecule has 3 atom stereocenters. The van der Waals surface area contributed by atoms with Crippen molar-refractivity contribution in [1.82, 2.24) is 0 Å². The molecule has 0 bridgehead atoms. The summed E-state index contributed by atoms with van der Waals surface area (Å²) in [6, 6.07) is 11.0. The van der Waals surface area contributed by atoms with Gasteiger partial charge in [-0.2, -0.15) is 0 Å². The Balaban J connectivity index is 2.17. The monoisotopic (exact) mass is 468 g/mol. The molecule has 0 aliphatic heterocycles. The molecule has 184 valence electrons. The average Bonchev–Trinajstić information content (AvgIpc) is 2.67. The molecule has 0 spiro atoms. The Labute approximate surface area is 204 Å². The second kappa shape index (κ2) is 9.28. The molecule has 0 heterocycles. The van der Waals surface area contributed by atoms with Crippen LogP contribution in [0.1, 0.15) is 87.1 Å². The molecule has 2 aromatic rings. The van der Waals surface area contributed by atoms with Crippen LogP contribution in [0, 0.1) is 17.8 Å². The van der Waals surface area contributed by atoms with Crippen LogP contribution in [0.3, 0.4) is 0 Å². The third-order valence-electron chi connectivity index (χ3n) is 8.17. The topological polar surface area (TPSA) is 18.5 Å². The summed E-state index contributed by atoms with van der Waals surface area (Å²) >= 11 is 0. The first-order chi connectivity index (χ1) is 15.1. The molecule has 0 amide bonds. The van der Waals surface area contributed by atoms with E-state index in [1.165, 1.54) is 29.2 Å². The molecule has 1 fully saturated rings. The van der Waals surface area contributed by atoms with E-state index >= 15 is 0 Å². The van der Waals surface area contributed by atoms with Gasteiger partial charge >= 0.3 is 0 Å². The molecule has 0 aromatic heterocycles. The molecule has 0 radical (unpaired) electrons. The van der Waals surface area contributed by atoms with Gasteiger partial charge in [0.2, 0.25) is 0 Å². The van der Waals surface area contributed by atoms with Gasteiger partial charge in [-0.3, -0.25) is 0 Å². The Morgan fingerprint density at radius 1 is 0.939 bits per heavy atom. The number of hydrogen-bond donors (Lipinski definition) is 0. The standard InChI is InChI=1S/C30H48O2Si/c1-20(2)22-17-16-21(3)18-26(22)31-27-19-25(29(4,5)6)28(24-15-13-12-14-23(24)27)32-33(10,11)30(7,8)9/h12-15,19-22,26H,16-18H2,1-11H3/t21-,22+,26-/m0/s1. The summed E-state index contributed by atoms with van der Waals surface area (Å²) in [7, 11) is -2.01. The highest BCUT2D eigenvalue weighted by Gasteiger charge is 2.41. The molecular weight excluding hydrogens is 420 g/mol. The summed E-state index contributed by atoms with van der Waals surface area (Å²) in [5.41, 5.74) is 1.21. The zero-order valence-electron chi connectivity index (χ0n) is 23.1. The molecule has 3 heteroatoms. The van der Waals surface area contributed by atoms with Crippen molar-refractivity contribution in [2.75, 3.05) is 0 Å². The number of benzene rings is 2. The lowest BCUT2D eigenvalue weighted by molar-refractivity contribution is 0.0470. The quantitative estimate of drug-likeness (QED) is 0.407. The van der Waals surface area contributed by atoms with E-state index in [1.54, 1.807) is 0 Å².